The molecule has 0 aliphatic rings. The number of hydrogen-bond acceptors (Lipinski definition) is 8. The van der Waals surface area contributed by atoms with Crippen molar-refractivity contribution in [1.82, 2.24) is 9.88 Å². The fourth-order valence-corrected chi connectivity index (χ4v) is 7.15. The molecule has 0 radical (unpaired) electrons. The first-order valence-electron chi connectivity index (χ1n) is 9.67. The summed E-state index contributed by atoms with van der Waals surface area (Å²) in [6.45, 7) is 10.7. The number of sulfone groups is 2. The number of benzene rings is 1. The van der Waals surface area contributed by atoms with E-state index in [1.807, 2.05) is 6.92 Å². The fraction of sp³-hybridized carbons (Fsp3) is 0.526. The van der Waals surface area contributed by atoms with Crippen molar-refractivity contribution in [2.24, 2.45) is 0 Å². The van der Waals surface area contributed by atoms with Crippen LogP contribution in [0.4, 0.5) is 5.00 Å². The maximum absolute atomic E-state index is 13.2. The molecule has 0 spiro atoms. The molecule has 0 fully saturated rings. The van der Waals surface area contributed by atoms with Crippen LogP contribution in [0.15, 0.2) is 38.5 Å². The van der Waals surface area contributed by atoms with E-state index in [0.717, 1.165) is 30.0 Å². The van der Waals surface area contributed by atoms with Gasteiger partial charge in [-0.05, 0) is 38.6 Å². The van der Waals surface area contributed by atoms with Crippen LogP contribution in [0.1, 0.15) is 32.8 Å². The van der Waals surface area contributed by atoms with E-state index in [0.29, 0.717) is 19.5 Å². The number of anilines is 1. The van der Waals surface area contributed by atoms with E-state index in [1.54, 1.807) is 19.1 Å². The van der Waals surface area contributed by atoms with Crippen molar-refractivity contribution in [1.29, 1.82) is 0 Å². The van der Waals surface area contributed by atoms with Crippen LogP contribution in [0.3, 0.4) is 0 Å². The summed E-state index contributed by atoms with van der Waals surface area (Å²) in [4.78, 5) is 6.36. The van der Waals surface area contributed by atoms with Crippen LogP contribution in [-0.4, -0.2) is 58.7 Å². The highest BCUT2D eigenvalue weighted by atomic mass is 32.2. The first kappa shape index (κ1) is 23.8. The van der Waals surface area contributed by atoms with Crippen molar-refractivity contribution in [2.45, 2.75) is 48.4 Å². The van der Waals surface area contributed by atoms with Crippen LogP contribution in [-0.2, 0) is 19.7 Å². The molecule has 1 aromatic heterocycles. The predicted octanol–water partition coefficient (Wildman–Crippen LogP) is 3.22. The summed E-state index contributed by atoms with van der Waals surface area (Å²) in [6.07, 6.45) is 0.437. The molecule has 0 unspecified atom stereocenters. The largest absolute Gasteiger partial charge is 0.373 e. The van der Waals surface area contributed by atoms with Gasteiger partial charge in [0.2, 0.25) is 24.0 Å². The third kappa shape index (κ3) is 5.78. The average molecular weight is 460 g/mol. The van der Waals surface area contributed by atoms with Gasteiger partial charge >= 0.3 is 0 Å². The van der Waals surface area contributed by atoms with Gasteiger partial charge in [0, 0.05) is 13.1 Å². The van der Waals surface area contributed by atoms with Crippen molar-refractivity contribution >= 4 is 36.0 Å². The molecule has 0 saturated carbocycles. The summed E-state index contributed by atoms with van der Waals surface area (Å²) in [7, 11) is -7.56. The number of hydrogen-bond donors (Lipinski definition) is 1. The monoisotopic (exact) mass is 459 g/mol. The van der Waals surface area contributed by atoms with Crippen molar-refractivity contribution in [3.8, 4) is 0 Å². The molecular weight excluding hydrogens is 430 g/mol. The second kappa shape index (κ2) is 10.0. The van der Waals surface area contributed by atoms with Crippen molar-refractivity contribution < 1.29 is 16.8 Å². The van der Waals surface area contributed by atoms with E-state index < -0.39 is 19.7 Å². The number of nitrogens with zero attached hydrogens (tertiary/aromatic N) is 2. The Bertz CT molecular complexity index is 1010. The SMILES string of the molecule is CCCS(=O)(=O)c1nc(S(=O)(=O)c2ccc(C)cc2)c(NCCN(CC)CC)s1. The van der Waals surface area contributed by atoms with E-state index in [4.69, 9.17) is 0 Å². The molecule has 10 heteroatoms. The third-order valence-corrected chi connectivity index (χ3v) is 9.72. The molecule has 0 bridgehead atoms. The quantitative estimate of drug-likeness (QED) is 0.551. The van der Waals surface area contributed by atoms with E-state index in [2.05, 4.69) is 29.0 Å². The van der Waals surface area contributed by atoms with Gasteiger partial charge in [0.25, 0.3) is 0 Å². The number of aromatic nitrogens is 1. The molecule has 0 aliphatic heterocycles. The third-order valence-electron chi connectivity index (χ3n) is 4.51. The highest BCUT2D eigenvalue weighted by molar-refractivity contribution is 7.94. The Kier molecular flexibility index (Phi) is 8.21. The lowest BCUT2D eigenvalue weighted by Crippen LogP contribution is -2.28. The first-order valence-corrected chi connectivity index (χ1v) is 13.6. The molecule has 2 rings (SSSR count). The average Bonchev–Trinajstić information content (AvgIpc) is 3.11. The van der Waals surface area contributed by atoms with Crippen LogP contribution in [0.2, 0.25) is 0 Å². The molecule has 7 nitrogen and oxygen atoms in total. The van der Waals surface area contributed by atoms with Crippen molar-refractivity contribution in [2.75, 3.05) is 37.2 Å². The summed E-state index contributed by atoms with van der Waals surface area (Å²) in [5, 5.41) is 3.15. The minimum absolute atomic E-state index is 0.0661. The molecule has 2 aromatic rings. The Labute approximate surface area is 178 Å². The van der Waals surface area contributed by atoms with Crippen LogP contribution >= 0.6 is 11.3 Å². The number of thiazole rings is 1. The van der Waals surface area contributed by atoms with Crippen LogP contribution in [0, 0.1) is 6.92 Å². The summed E-state index contributed by atoms with van der Waals surface area (Å²) in [6, 6.07) is 6.46. The summed E-state index contributed by atoms with van der Waals surface area (Å²) in [5.41, 5.74) is 0.936. The van der Waals surface area contributed by atoms with Gasteiger partial charge in [-0.1, -0.05) is 49.8 Å². The van der Waals surface area contributed by atoms with Gasteiger partial charge in [0.05, 0.1) is 10.6 Å². The molecule has 0 atom stereocenters. The Morgan fingerprint density at radius 2 is 1.66 bits per heavy atom. The Morgan fingerprint density at radius 3 is 2.21 bits per heavy atom. The number of likely N-dealkylation sites (N-methyl/N-ethyl adjacent to an activating group) is 1. The Balaban J connectivity index is 2.45. The minimum atomic E-state index is -3.94. The van der Waals surface area contributed by atoms with Gasteiger partial charge < -0.3 is 10.2 Å². The van der Waals surface area contributed by atoms with Crippen LogP contribution in [0.5, 0.6) is 0 Å². The highest BCUT2D eigenvalue weighted by Crippen LogP contribution is 2.35. The fourth-order valence-electron chi connectivity index (χ4n) is 2.77. The molecule has 0 saturated heterocycles. The van der Waals surface area contributed by atoms with Crippen molar-refractivity contribution in [3.05, 3.63) is 29.8 Å². The molecule has 1 N–H and O–H groups in total. The smallest absolute Gasteiger partial charge is 0.226 e. The molecule has 0 amide bonds. The Hall–Kier alpha value is -1.49. The van der Waals surface area contributed by atoms with Gasteiger partial charge in [0.15, 0.2) is 5.03 Å². The topological polar surface area (TPSA) is 96.4 Å². The molecule has 162 valence electrons. The van der Waals surface area contributed by atoms with E-state index in [-0.39, 0.29) is 25.0 Å². The maximum Gasteiger partial charge on any atom is 0.226 e. The van der Waals surface area contributed by atoms with E-state index in [1.165, 1.54) is 12.1 Å². The molecule has 29 heavy (non-hydrogen) atoms. The van der Waals surface area contributed by atoms with Crippen molar-refractivity contribution in [3.63, 3.8) is 0 Å². The normalized spacial score (nSPS) is 12.4. The minimum Gasteiger partial charge on any atom is -0.373 e. The molecular formula is C19H29N3O4S3. The lowest BCUT2D eigenvalue weighted by molar-refractivity contribution is 0.316. The first-order chi connectivity index (χ1) is 13.7. The number of rotatable bonds is 11. The zero-order valence-corrected chi connectivity index (χ0v) is 19.8. The van der Waals surface area contributed by atoms with Gasteiger partial charge in [-0.2, -0.15) is 0 Å². The van der Waals surface area contributed by atoms with Crippen LogP contribution in [0.25, 0.3) is 0 Å². The highest BCUT2D eigenvalue weighted by Gasteiger charge is 2.30. The van der Waals surface area contributed by atoms with Gasteiger partial charge in [0.1, 0.15) is 5.00 Å². The van der Waals surface area contributed by atoms with Gasteiger partial charge in [-0.3, -0.25) is 0 Å². The van der Waals surface area contributed by atoms with Gasteiger partial charge in [-0.25, -0.2) is 21.8 Å². The second-order valence-corrected chi connectivity index (χ2v) is 11.8. The molecule has 1 heterocycles. The summed E-state index contributed by atoms with van der Waals surface area (Å²) < 4.78 is 51.2. The number of aryl methyl sites for hydroxylation is 1. The summed E-state index contributed by atoms with van der Waals surface area (Å²) in [5.74, 6) is -0.0661. The van der Waals surface area contributed by atoms with Gasteiger partial charge in [-0.15, -0.1) is 0 Å². The summed E-state index contributed by atoms with van der Waals surface area (Å²) >= 11 is 0.890. The Morgan fingerprint density at radius 1 is 1.03 bits per heavy atom. The predicted molar refractivity (Wildman–Crippen MR) is 117 cm³/mol. The van der Waals surface area contributed by atoms with Crippen LogP contribution < -0.4 is 5.32 Å². The standard InChI is InChI=1S/C19H29N3O4S3/c1-5-14-28(23,24)19-21-18(17(27-19)20-12-13-22(6-2)7-3)29(25,26)16-10-8-15(4)9-11-16/h8-11,20H,5-7,12-14H2,1-4H3. The maximum atomic E-state index is 13.2. The second-order valence-electron chi connectivity index (χ2n) is 6.70. The number of nitrogens with one attached hydrogen (secondary N) is 1. The van der Waals surface area contributed by atoms with E-state index in [9.17, 15) is 16.8 Å². The molecule has 1 aromatic carbocycles. The lowest BCUT2D eigenvalue weighted by atomic mass is 10.2. The zero-order valence-electron chi connectivity index (χ0n) is 17.3. The lowest BCUT2D eigenvalue weighted by Gasteiger charge is -2.18. The zero-order chi connectivity index (χ0) is 21.7. The molecule has 0 aliphatic carbocycles. The van der Waals surface area contributed by atoms with E-state index >= 15 is 0 Å².